The summed E-state index contributed by atoms with van der Waals surface area (Å²) < 4.78 is 7.66. The van der Waals surface area contributed by atoms with Crippen molar-refractivity contribution in [1.29, 1.82) is 0 Å². The van der Waals surface area contributed by atoms with E-state index in [0.29, 0.717) is 19.7 Å². The Morgan fingerprint density at radius 2 is 2.36 bits per heavy atom. The largest absolute Gasteiger partial charge is 0.505 e. The molecule has 0 aliphatic carbocycles. The highest BCUT2D eigenvalue weighted by Crippen LogP contribution is 2.31. The van der Waals surface area contributed by atoms with Gasteiger partial charge in [-0.2, -0.15) is 0 Å². The lowest BCUT2D eigenvalue weighted by atomic mass is 10.00. The summed E-state index contributed by atoms with van der Waals surface area (Å²) in [7, 11) is 0. The van der Waals surface area contributed by atoms with Gasteiger partial charge in [0.1, 0.15) is 5.75 Å². The van der Waals surface area contributed by atoms with Crippen molar-refractivity contribution in [2.24, 2.45) is 0 Å². The van der Waals surface area contributed by atoms with Gasteiger partial charge in [-0.15, -0.1) is 5.10 Å². The third kappa shape index (κ3) is 2.03. The molecule has 2 aromatic rings. The molecule has 1 fully saturated rings. The van der Waals surface area contributed by atoms with Crippen molar-refractivity contribution in [3.8, 4) is 5.75 Å². The van der Waals surface area contributed by atoms with Crippen molar-refractivity contribution in [2.45, 2.75) is 25.2 Å². The predicted molar refractivity (Wildman–Crippen MR) is 74.1 cm³/mol. The Labute approximate surface area is 126 Å². The molecule has 2 aliphatic rings. The summed E-state index contributed by atoms with van der Waals surface area (Å²) in [6.45, 7) is 1.54. The Balaban J connectivity index is 1.59. The highest BCUT2D eigenvalue weighted by atomic mass is 16.5. The van der Waals surface area contributed by atoms with Gasteiger partial charge >= 0.3 is 0 Å². The van der Waals surface area contributed by atoms with E-state index in [2.05, 4.69) is 15.3 Å². The maximum absolute atomic E-state index is 12.6. The Morgan fingerprint density at radius 1 is 1.45 bits per heavy atom. The summed E-state index contributed by atoms with van der Waals surface area (Å²) >= 11 is 0. The van der Waals surface area contributed by atoms with Gasteiger partial charge in [0.25, 0.3) is 5.91 Å². The lowest BCUT2D eigenvalue weighted by molar-refractivity contribution is -0.0606. The first-order chi connectivity index (χ1) is 10.7. The van der Waals surface area contributed by atoms with E-state index in [1.54, 1.807) is 17.2 Å². The maximum atomic E-state index is 12.6. The maximum Gasteiger partial charge on any atom is 0.276 e. The van der Waals surface area contributed by atoms with Crippen LogP contribution in [0.4, 0.5) is 0 Å². The first kappa shape index (κ1) is 13.2. The summed E-state index contributed by atoms with van der Waals surface area (Å²) in [5.74, 6) is -0.375. The topological polar surface area (TPSA) is 93.4 Å². The second-order valence-corrected chi connectivity index (χ2v) is 5.50. The smallest absolute Gasteiger partial charge is 0.276 e. The molecule has 0 saturated carbocycles. The van der Waals surface area contributed by atoms with Crippen LogP contribution in [0.5, 0.6) is 5.75 Å². The van der Waals surface area contributed by atoms with Crippen molar-refractivity contribution < 1.29 is 14.6 Å². The molecule has 0 bridgehead atoms. The zero-order valence-electron chi connectivity index (χ0n) is 11.8. The van der Waals surface area contributed by atoms with Crippen molar-refractivity contribution in [3.05, 3.63) is 35.9 Å². The number of hydrogen-bond acceptors (Lipinski definition) is 6. The number of aromatic nitrogens is 4. The number of carbonyl (C=O) groups is 1. The van der Waals surface area contributed by atoms with Crippen LogP contribution in [0, 0.1) is 0 Å². The van der Waals surface area contributed by atoms with Gasteiger partial charge < -0.3 is 14.7 Å². The zero-order chi connectivity index (χ0) is 15.1. The van der Waals surface area contributed by atoms with E-state index in [-0.39, 0.29) is 29.5 Å². The highest BCUT2D eigenvalue weighted by molar-refractivity contribution is 5.94. The molecule has 1 N–H and O–H groups in total. The van der Waals surface area contributed by atoms with Crippen LogP contribution in [0.3, 0.4) is 0 Å². The van der Waals surface area contributed by atoms with E-state index >= 15 is 0 Å². The quantitative estimate of drug-likeness (QED) is 0.817. The molecule has 0 aromatic carbocycles. The number of rotatable bonds is 1. The van der Waals surface area contributed by atoms with Crippen LogP contribution in [0.15, 0.2) is 24.5 Å². The molecule has 22 heavy (non-hydrogen) atoms. The minimum atomic E-state index is -0.274. The average molecular weight is 301 g/mol. The summed E-state index contributed by atoms with van der Waals surface area (Å²) in [5.41, 5.74) is 0.993. The lowest BCUT2D eigenvalue weighted by Gasteiger charge is -2.40. The Morgan fingerprint density at radius 3 is 3.23 bits per heavy atom. The van der Waals surface area contributed by atoms with Gasteiger partial charge in [-0.1, -0.05) is 5.21 Å². The fraction of sp³-hybridized carbons (Fsp3) is 0.429. The van der Waals surface area contributed by atoms with Gasteiger partial charge in [0, 0.05) is 19.3 Å². The van der Waals surface area contributed by atoms with Crippen LogP contribution in [-0.4, -0.2) is 55.1 Å². The molecule has 4 heterocycles. The van der Waals surface area contributed by atoms with Gasteiger partial charge in [0.15, 0.2) is 5.69 Å². The Bertz CT molecular complexity index is 716. The molecule has 1 amide bonds. The Kier molecular flexibility index (Phi) is 3.04. The minimum Gasteiger partial charge on any atom is -0.505 e. The molecule has 8 heteroatoms. The summed E-state index contributed by atoms with van der Waals surface area (Å²) in [6.07, 6.45) is 3.94. The van der Waals surface area contributed by atoms with Crippen LogP contribution >= 0.6 is 0 Å². The van der Waals surface area contributed by atoms with Crippen LogP contribution in [-0.2, 0) is 11.3 Å². The standard InChI is InChI=1S/C14H15N5O3/c20-11-2-1-4-15-13(11)14(21)18-5-3-12-10(7-18)19-9(8-22-12)6-16-17-19/h1-2,4,6,10,12,20H,3,5,7-8H2/t10-,12+/m0/s1. The van der Waals surface area contributed by atoms with Gasteiger partial charge in [0.05, 0.1) is 30.6 Å². The molecule has 8 nitrogen and oxygen atoms in total. The molecular weight excluding hydrogens is 286 g/mol. The normalized spacial score (nSPS) is 23.7. The summed E-state index contributed by atoms with van der Waals surface area (Å²) in [6, 6.07) is 3.01. The van der Waals surface area contributed by atoms with E-state index in [1.165, 1.54) is 12.3 Å². The molecule has 2 atom stereocenters. The second kappa shape index (κ2) is 5.06. The molecule has 0 spiro atoms. The molecule has 2 aliphatic heterocycles. The van der Waals surface area contributed by atoms with E-state index in [0.717, 1.165) is 12.1 Å². The average Bonchev–Trinajstić information content (AvgIpc) is 3.03. The number of fused-ring (bicyclic) bond motifs is 3. The van der Waals surface area contributed by atoms with E-state index in [1.807, 2.05) is 4.68 Å². The van der Waals surface area contributed by atoms with Gasteiger partial charge in [-0.25, -0.2) is 9.67 Å². The number of pyridine rings is 1. The van der Waals surface area contributed by atoms with E-state index < -0.39 is 0 Å². The molecular formula is C14H15N5O3. The molecule has 0 unspecified atom stereocenters. The van der Waals surface area contributed by atoms with Gasteiger partial charge in [0.2, 0.25) is 0 Å². The number of nitrogens with zero attached hydrogens (tertiary/aromatic N) is 5. The van der Waals surface area contributed by atoms with Crippen LogP contribution in [0.1, 0.15) is 28.6 Å². The van der Waals surface area contributed by atoms with Gasteiger partial charge in [-0.3, -0.25) is 4.79 Å². The predicted octanol–water partition coefficient (Wildman–Crippen LogP) is 0.365. The number of aromatic hydroxyl groups is 1. The highest BCUT2D eigenvalue weighted by Gasteiger charge is 2.38. The second-order valence-electron chi connectivity index (χ2n) is 5.50. The number of likely N-dealkylation sites (tertiary alicyclic amines) is 1. The fourth-order valence-electron chi connectivity index (χ4n) is 3.08. The van der Waals surface area contributed by atoms with Crippen molar-refractivity contribution in [2.75, 3.05) is 13.1 Å². The number of piperidine rings is 1. The van der Waals surface area contributed by atoms with Gasteiger partial charge in [-0.05, 0) is 18.6 Å². The van der Waals surface area contributed by atoms with Crippen LogP contribution < -0.4 is 0 Å². The number of amides is 1. The molecule has 2 aromatic heterocycles. The summed E-state index contributed by atoms with van der Waals surface area (Å²) in [5, 5.41) is 17.8. The van der Waals surface area contributed by atoms with Crippen molar-refractivity contribution in [1.82, 2.24) is 24.9 Å². The lowest BCUT2D eigenvalue weighted by Crippen LogP contribution is -2.50. The third-order valence-corrected chi connectivity index (χ3v) is 4.20. The molecule has 114 valence electrons. The summed E-state index contributed by atoms with van der Waals surface area (Å²) in [4.78, 5) is 18.2. The fourth-order valence-corrected chi connectivity index (χ4v) is 3.08. The molecule has 0 radical (unpaired) electrons. The minimum absolute atomic E-state index is 0.0376. The number of hydrogen-bond donors (Lipinski definition) is 1. The number of ether oxygens (including phenoxy) is 1. The van der Waals surface area contributed by atoms with Crippen molar-refractivity contribution in [3.63, 3.8) is 0 Å². The van der Waals surface area contributed by atoms with Crippen molar-refractivity contribution >= 4 is 5.91 Å². The van der Waals surface area contributed by atoms with E-state index in [9.17, 15) is 9.90 Å². The third-order valence-electron chi connectivity index (χ3n) is 4.20. The van der Waals surface area contributed by atoms with Crippen LogP contribution in [0.25, 0.3) is 0 Å². The molecule has 4 rings (SSSR count). The first-order valence-corrected chi connectivity index (χ1v) is 7.18. The molecule has 1 saturated heterocycles. The SMILES string of the molecule is O=C(c1ncccc1O)N1CC[C@H]2OCc3cnnn3[C@H]2C1. The Hall–Kier alpha value is -2.48. The van der Waals surface area contributed by atoms with Crippen LogP contribution in [0.2, 0.25) is 0 Å². The monoisotopic (exact) mass is 301 g/mol. The number of carbonyl (C=O) groups excluding carboxylic acids is 1. The van der Waals surface area contributed by atoms with E-state index in [4.69, 9.17) is 4.74 Å². The zero-order valence-corrected chi connectivity index (χ0v) is 11.8. The first-order valence-electron chi connectivity index (χ1n) is 7.18.